The molecule has 0 aromatic heterocycles. The van der Waals surface area contributed by atoms with Crippen LogP contribution in [0.1, 0.15) is 32.6 Å². The van der Waals surface area contributed by atoms with E-state index in [0.29, 0.717) is 29.0 Å². The Morgan fingerprint density at radius 2 is 1.58 bits per heavy atom. The molecule has 0 aliphatic carbocycles. The first-order valence-corrected chi connectivity index (χ1v) is 9.38. The van der Waals surface area contributed by atoms with E-state index in [1.807, 2.05) is 24.3 Å². The summed E-state index contributed by atoms with van der Waals surface area (Å²) in [6.45, 7) is 2.79. The first-order valence-electron chi connectivity index (χ1n) is 8.63. The van der Waals surface area contributed by atoms with Gasteiger partial charge in [-0.05, 0) is 68.1 Å². The second-order valence-corrected chi connectivity index (χ2v) is 6.74. The molecule has 0 aliphatic rings. The summed E-state index contributed by atoms with van der Waals surface area (Å²) in [5, 5.41) is 3.87. The molecule has 2 aromatic carbocycles. The molecule has 0 heterocycles. The highest BCUT2D eigenvalue weighted by atomic mass is 35.5. The lowest BCUT2D eigenvalue weighted by molar-refractivity contribution is -0.114. The fourth-order valence-electron chi connectivity index (χ4n) is 2.36. The van der Waals surface area contributed by atoms with Gasteiger partial charge in [0.2, 0.25) is 5.91 Å². The van der Waals surface area contributed by atoms with E-state index >= 15 is 0 Å². The van der Waals surface area contributed by atoms with Crippen LogP contribution >= 0.6 is 23.2 Å². The molecule has 0 fully saturated rings. The first kappa shape index (κ1) is 20.4. The molecule has 0 bridgehead atoms. The van der Waals surface area contributed by atoms with Gasteiger partial charge in [-0.3, -0.25) is 4.79 Å². The highest BCUT2D eigenvalue weighted by molar-refractivity contribution is 6.35. The first-order chi connectivity index (χ1) is 12.5. The third kappa shape index (κ3) is 7.54. The predicted octanol–water partition coefficient (Wildman–Crippen LogP) is 5.97. The van der Waals surface area contributed by atoms with Crippen LogP contribution in [0.25, 0.3) is 0 Å². The van der Waals surface area contributed by atoms with Gasteiger partial charge in [0.1, 0.15) is 11.5 Å². The summed E-state index contributed by atoms with van der Waals surface area (Å²) in [6, 6.07) is 12.6. The zero-order chi connectivity index (χ0) is 18.8. The Labute approximate surface area is 164 Å². The lowest BCUT2D eigenvalue weighted by Gasteiger charge is -2.09. The maximum Gasteiger partial charge on any atom is 0.221 e. The third-order valence-corrected chi connectivity index (χ3v) is 4.16. The molecule has 0 spiro atoms. The zero-order valence-corrected chi connectivity index (χ0v) is 16.3. The van der Waals surface area contributed by atoms with Gasteiger partial charge in [0, 0.05) is 17.6 Å². The van der Waals surface area contributed by atoms with Crippen LogP contribution in [-0.4, -0.2) is 19.1 Å². The van der Waals surface area contributed by atoms with Crippen molar-refractivity contribution >= 4 is 34.8 Å². The minimum Gasteiger partial charge on any atom is -0.494 e. The zero-order valence-electron chi connectivity index (χ0n) is 14.8. The van der Waals surface area contributed by atoms with Crippen molar-refractivity contribution in [3.05, 3.63) is 52.5 Å². The van der Waals surface area contributed by atoms with Crippen molar-refractivity contribution < 1.29 is 14.3 Å². The molecule has 0 saturated heterocycles. The summed E-state index contributed by atoms with van der Waals surface area (Å²) in [5.74, 6) is 1.39. The molecular weight excluding hydrogens is 373 g/mol. The van der Waals surface area contributed by atoms with Crippen LogP contribution in [0.5, 0.6) is 11.5 Å². The predicted molar refractivity (Wildman–Crippen MR) is 107 cm³/mol. The second-order valence-electron chi connectivity index (χ2n) is 5.89. The van der Waals surface area contributed by atoms with E-state index < -0.39 is 0 Å². The molecule has 140 valence electrons. The minimum atomic E-state index is -0.0824. The van der Waals surface area contributed by atoms with Gasteiger partial charge in [0.15, 0.2) is 0 Å². The van der Waals surface area contributed by atoms with Gasteiger partial charge in [-0.25, -0.2) is 0 Å². The number of hydrogen-bond donors (Lipinski definition) is 1. The van der Waals surface area contributed by atoms with Crippen molar-refractivity contribution in [1.29, 1.82) is 0 Å². The monoisotopic (exact) mass is 395 g/mol. The van der Waals surface area contributed by atoms with Crippen molar-refractivity contribution in [2.75, 3.05) is 18.5 Å². The maximum atomic E-state index is 11.0. The van der Waals surface area contributed by atoms with Crippen molar-refractivity contribution in [3.8, 4) is 11.5 Å². The fourth-order valence-corrected chi connectivity index (χ4v) is 2.82. The van der Waals surface area contributed by atoms with Gasteiger partial charge in [-0.2, -0.15) is 0 Å². The van der Waals surface area contributed by atoms with E-state index in [0.717, 1.165) is 37.1 Å². The summed E-state index contributed by atoms with van der Waals surface area (Å²) >= 11 is 11.9. The van der Waals surface area contributed by atoms with E-state index in [1.54, 1.807) is 18.2 Å². The maximum absolute atomic E-state index is 11.0. The SMILES string of the molecule is CC(=O)Nc1ccc(OCCCCCCOc2ccc(Cl)cc2Cl)cc1. The number of hydrogen-bond acceptors (Lipinski definition) is 3. The molecule has 2 rings (SSSR count). The lowest BCUT2D eigenvalue weighted by atomic mass is 10.2. The van der Waals surface area contributed by atoms with E-state index in [1.165, 1.54) is 6.92 Å². The van der Waals surface area contributed by atoms with Gasteiger partial charge in [0.05, 0.1) is 18.2 Å². The Bertz CT molecular complexity index is 705. The van der Waals surface area contributed by atoms with Gasteiger partial charge in [-0.15, -0.1) is 0 Å². The van der Waals surface area contributed by atoms with E-state index in [9.17, 15) is 4.79 Å². The van der Waals surface area contributed by atoms with Gasteiger partial charge >= 0.3 is 0 Å². The van der Waals surface area contributed by atoms with Crippen LogP contribution in [0.3, 0.4) is 0 Å². The number of halogens is 2. The second kappa shape index (κ2) is 10.9. The number of carbonyl (C=O) groups is 1. The molecular formula is C20H23Cl2NO3. The summed E-state index contributed by atoms with van der Waals surface area (Å²) in [7, 11) is 0. The number of amides is 1. The lowest BCUT2D eigenvalue weighted by Crippen LogP contribution is -2.05. The van der Waals surface area contributed by atoms with Gasteiger partial charge in [0.25, 0.3) is 0 Å². The largest absolute Gasteiger partial charge is 0.494 e. The Kier molecular flexibility index (Phi) is 8.59. The van der Waals surface area contributed by atoms with Crippen LogP contribution in [0.2, 0.25) is 10.0 Å². The molecule has 26 heavy (non-hydrogen) atoms. The molecule has 0 atom stereocenters. The average Bonchev–Trinajstić information content (AvgIpc) is 2.60. The van der Waals surface area contributed by atoms with Crippen LogP contribution in [0, 0.1) is 0 Å². The van der Waals surface area contributed by atoms with E-state index in [2.05, 4.69) is 5.32 Å². The molecule has 0 saturated carbocycles. The van der Waals surface area contributed by atoms with Crippen molar-refractivity contribution in [2.45, 2.75) is 32.6 Å². The molecule has 1 amide bonds. The van der Waals surface area contributed by atoms with Crippen molar-refractivity contribution in [2.24, 2.45) is 0 Å². The summed E-state index contributed by atoms with van der Waals surface area (Å²) in [6.07, 6.45) is 4.08. The van der Waals surface area contributed by atoms with Gasteiger partial charge < -0.3 is 14.8 Å². The molecule has 2 aromatic rings. The van der Waals surface area contributed by atoms with Crippen molar-refractivity contribution in [1.82, 2.24) is 0 Å². The number of nitrogens with one attached hydrogen (secondary N) is 1. The molecule has 0 aliphatic heterocycles. The number of anilines is 1. The molecule has 4 nitrogen and oxygen atoms in total. The number of carbonyl (C=O) groups excluding carboxylic acids is 1. The Hall–Kier alpha value is -1.91. The number of ether oxygens (including phenoxy) is 2. The Morgan fingerprint density at radius 3 is 2.19 bits per heavy atom. The molecule has 1 N–H and O–H groups in total. The number of rotatable bonds is 10. The van der Waals surface area contributed by atoms with Crippen LogP contribution in [0.15, 0.2) is 42.5 Å². The smallest absolute Gasteiger partial charge is 0.221 e. The third-order valence-electron chi connectivity index (χ3n) is 3.63. The van der Waals surface area contributed by atoms with Crippen LogP contribution < -0.4 is 14.8 Å². The highest BCUT2D eigenvalue weighted by Gasteiger charge is 2.02. The molecule has 0 unspecified atom stereocenters. The summed E-state index contributed by atoms with van der Waals surface area (Å²) in [5.41, 5.74) is 0.769. The normalized spacial score (nSPS) is 10.4. The summed E-state index contributed by atoms with van der Waals surface area (Å²) < 4.78 is 11.3. The van der Waals surface area contributed by atoms with Crippen LogP contribution in [0.4, 0.5) is 5.69 Å². The van der Waals surface area contributed by atoms with E-state index in [-0.39, 0.29) is 5.91 Å². The van der Waals surface area contributed by atoms with E-state index in [4.69, 9.17) is 32.7 Å². The molecule has 0 radical (unpaired) electrons. The quantitative estimate of drug-likeness (QED) is 0.504. The Morgan fingerprint density at radius 1 is 0.923 bits per heavy atom. The molecule has 6 heteroatoms. The fraction of sp³-hybridized carbons (Fsp3) is 0.350. The van der Waals surface area contributed by atoms with Crippen molar-refractivity contribution in [3.63, 3.8) is 0 Å². The van der Waals surface area contributed by atoms with Gasteiger partial charge in [-0.1, -0.05) is 23.2 Å². The Balaban J connectivity index is 1.53. The average molecular weight is 396 g/mol. The number of benzene rings is 2. The topological polar surface area (TPSA) is 47.6 Å². The summed E-state index contributed by atoms with van der Waals surface area (Å²) in [4.78, 5) is 11.0. The standard InChI is InChI=1S/C20H23Cl2NO3/c1-15(24)23-17-7-9-18(10-8-17)25-12-4-2-3-5-13-26-20-11-6-16(21)14-19(20)22/h6-11,14H,2-5,12-13H2,1H3,(H,23,24). The highest BCUT2D eigenvalue weighted by Crippen LogP contribution is 2.27. The minimum absolute atomic E-state index is 0.0824. The number of unbranched alkanes of at least 4 members (excludes halogenated alkanes) is 3. The van der Waals surface area contributed by atoms with Crippen LogP contribution in [-0.2, 0) is 4.79 Å².